The van der Waals surface area contributed by atoms with Gasteiger partial charge < -0.3 is 15.0 Å². The number of likely N-dealkylation sites (N-methyl/N-ethyl adjacent to an activating group) is 2. The Hall–Kier alpha value is -0.650. The van der Waals surface area contributed by atoms with E-state index in [4.69, 9.17) is 4.74 Å². The first-order valence-corrected chi connectivity index (χ1v) is 8.24. The lowest BCUT2D eigenvalue weighted by Crippen LogP contribution is -2.59. The first-order valence-electron chi connectivity index (χ1n) is 8.24. The number of hydrogen-bond donors (Lipinski definition) is 1. The smallest absolute Gasteiger partial charge is 0.326 e. The second-order valence-electron chi connectivity index (χ2n) is 6.78. The number of carbonyl (C=O) groups is 1. The van der Waals surface area contributed by atoms with E-state index >= 15 is 0 Å². The molecule has 1 N–H and O–H groups in total. The normalized spacial score (nSPS) is 36.2. The molecule has 0 radical (unpaired) electrons. The van der Waals surface area contributed by atoms with Gasteiger partial charge in [0.2, 0.25) is 0 Å². The summed E-state index contributed by atoms with van der Waals surface area (Å²) in [5, 5.41) is 3.26. The molecule has 2 fully saturated rings. The Balaban J connectivity index is 2.10. The van der Waals surface area contributed by atoms with Crippen LogP contribution in [-0.4, -0.2) is 74.2 Å². The molecule has 1 aliphatic carbocycles. The molecule has 3 atom stereocenters. The van der Waals surface area contributed by atoms with Crippen LogP contribution in [0.25, 0.3) is 0 Å². The number of ether oxygens (including phenoxy) is 1. The summed E-state index contributed by atoms with van der Waals surface area (Å²) >= 11 is 0. The second-order valence-corrected chi connectivity index (χ2v) is 6.78. The van der Waals surface area contributed by atoms with Crippen molar-refractivity contribution in [2.75, 3.05) is 40.8 Å². The van der Waals surface area contributed by atoms with Crippen molar-refractivity contribution in [2.45, 2.75) is 56.7 Å². The minimum absolute atomic E-state index is 0.103. The standard InChI is InChI=1S/C16H31N3O2/c1-13-12-18(3)9-6-10-19(13)14-7-5-8-16(11-14,17-2)15(20)21-4/h13-14,17H,5-12H2,1-4H3. The average Bonchev–Trinajstić information content (AvgIpc) is 2.66. The Morgan fingerprint density at radius 3 is 2.76 bits per heavy atom. The van der Waals surface area contributed by atoms with Gasteiger partial charge in [-0.2, -0.15) is 0 Å². The van der Waals surface area contributed by atoms with Gasteiger partial charge in [0.05, 0.1) is 7.11 Å². The highest BCUT2D eigenvalue weighted by Gasteiger charge is 2.44. The molecule has 3 unspecified atom stereocenters. The fourth-order valence-corrected chi connectivity index (χ4v) is 4.17. The summed E-state index contributed by atoms with van der Waals surface area (Å²) in [7, 11) is 5.58. The molecule has 1 aliphatic heterocycles. The van der Waals surface area contributed by atoms with E-state index in [9.17, 15) is 4.79 Å². The molecule has 1 saturated heterocycles. The summed E-state index contributed by atoms with van der Waals surface area (Å²) in [6.07, 6.45) is 5.23. The van der Waals surface area contributed by atoms with E-state index in [1.807, 2.05) is 7.05 Å². The van der Waals surface area contributed by atoms with Crippen LogP contribution in [-0.2, 0) is 9.53 Å². The summed E-state index contributed by atoms with van der Waals surface area (Å²) in [6, 6.07) is 1.03. The van der Waals surface area contributed by atoms with Crippen LogP contribution in [0.15, 0.2) is 0 Å². The zero-order valence-electron chi connectivity index (χ0n) is 14.0. The highest BCUT2D eigenvalue weighted by atomic mass is 16.5. The Labute approximate surface area is 129 Å². The maximum atomic E-state index is 12.2. The van der Waals surface area contributed by atoms with Crippen LogP contribution in [0.4, 0.5) is 0 Å². The highest BCUT2D eigenvalue weighted by molar-refractivity contribution is 5.81. The Morgan fingerprint density at radius 2 is 2.10 bits per heavy atom. The van der Waals surface area contributed by atoms with Crippen molar-refractivity contribution in [3.8, 4) is 0 Å². The van der Waals surface area contributed by atoms with Gasteiger partial charge in [-0.1, -0.05) is 0 Å². The molecule has 5 nitrogen and oxygen atoms in total. The predicted molar refractivity (Wildman–Crippen MR) is 84.3 cm³/mol. The van der Waals surface area contributed by atoms with Gasteiger partial charge in [0.25, 0.3) is 0 Å². The Kier molecular flexibility index (Phi) is 5.63. The number of hydrogen-bond acceptors (Lipinski definition) is 5. The van der Waals surface area contributed by atoms with Gasteiger partial charge in [-0.25, -0.2) is 0 Å². The molecule has 21 heavy (non-hydrogen) atoms. The minimum atomic E-state index is -0.490. The van der Waals surface area contributed by atoms with E-state index < -0.39 is 5.54 Å². The van der Waals surface area contributed by atoms with Gasteiger partial charge in [-0.15, -0.1) is 0 Å². The van der Waals surface area contributed by atoms with Crippen molar-refractivity contribution < 1.29 is 9.53 Å². The zero-order chi connectivity index (χ0) is 15.5. The van der Waals surface area contributed by atoms with Crippen molar-refractivity contribution in [2.24, 2.45) is 0 Å². The van der Waals surface area contributed by atoms with E-state index in [1.165, 1.54) is 26.5 Å². The molecule has 1 heterocycles. The predicted octanol–water partition coefficient (Wildman–Crippen LogP) is 1.09. The van der Waals surface area contributed by atoms with Gasteiger partial charge in [-0.05, 0) is 66.2 Å². The topological polar surface area (TPSA) is 44.8 Å². The Bertz CT molecular complexity index is 363. The molecule has 0 aromatic rings. The second kappa shape index (κ2) is 7.07. The summed E-state index contributed by atoms with van der Waals surface area (Å²) in [5.41, 5.74) is -0.490. The molecule has 0 bridgehead atoms. The minimum Gasteiger partial charge on any atom is -0.468 e. The molecule has 2 aliphatic rings. The fraction of sp³-hybridized carbons (Fsp3) is 0.938. The number of nitrogens with zero attached hydrogens (tertiary/aromatic N) is 2. The zero-order valence-corrected chi connectivity index (χ0v) is 14.0. The SMILES string of the molecule is CNC1(C(=O)OC)CCCC(N2CCCN(C)CC2C)C1. The maximum Gasteiger partial charge on any atom is 0.326 e. The quantitative estimate of drug-likeness (QED) is 0.790. The van der Waals surface area contributed by atoms with E-state index in [0.717, 1.165) is 32.4 Å². The number of carbonyl (C=O) groups excluding carboxylic acids is 1. The third-order valence-corrected chi connectivity index (χ3v) is 5.35. The van der Waals surface area contributed by atoms with E-state index in [0.29, 0.717) is 12.1 Å². The highest BCUT2D eigenvalue weighted by Crippen LogP contribution is 2.33. The fourth-order valence-electron chi connectivity index (χ4n) is 4.17. The van der Waals surface area contributed by atoms with Gasteiger partial charge >= 0.3 is 5.97 Å². The molecule has 0 spiro atoms. The number of esters is 1. The molecule has 0 amide bonds. The first kappa shape index (κ1) is 16.7. The molecule has 0 aromatic carbocycles. The third kappa shape index (κ3) is 3.58. The van der Waals surface area contributed by atoms with Crippen LogP contribution < -0.4 is 5.32 Å². The lowest BCUT2D eigenvalue weighted by atomic mass is 9.78. The van der Waals surface area contributed by atoms with Crippen LogP contribution in [0.1, 0.15) is 39.0 Å². The molecule has 2 rings (SSSR count). The van der Waals surface area contributed by atoms with Crippen molar-refractivity contribution in [1.82, 2.24) is 15.1 Å². The summed E-state index contributed by atoms with van der Waals surface area (Å²) in [5.74, 6) is -0.103. The van der Waals surface area contributed by atoms with Gasteiger partial charge in [0.15, 0.2) is 0 Å². The van der Waals surface area contributed by atoms with Crippen LogP contribution in [0.2, 0.25) is 0 Å². The lowest BCUT2D eigenvalue weighted by Gasteiger charge is -2.44. The summed E-state index contributed by atoms with van der Waals surface area (Å²) in [6.45, 7) is 5.73. The van der Waals surface area contributed by atoms with Crippen molar-refractivity contribution in [3.05, 3.63) is 0 Å². The molecular weight excluding hydrogens is 266 g/mol. The summed E-state index contributed by atoms with van der Waals surface area (Å²) in [4.78, 5) is 17.3. The largest absolute Gasteiger partial charge is 0.468 e. The molecule has 5 heteroatoms. The number of nitrogens with one attached hydrogen (secondary N) is 1. The molecule has 122 valence electrons. The lowest BCUT2D eigenvalue weighted by molar-refractivity contribution is -0.151. The summed E-state index contributed by atoms with van der Waals surface area (Å²) < 4.78 is 5.06. The van der Waals surface area contributed by atoms with Gasteiger partial charge in [0.1, 0.15) is 5.54 Å². The van der Waals surface area contributed by atoms with Crippen molar-refractivity contribution in [3.63, 3.8) is 0 Å². The van der Waals surface area contributed by atoms with Crippen molar-refractivity contribution in [1.29, 1.82) is 0 Å². The van der Waals surface area contributed by atoms with E-state index in [-0.39, 0.29) is 5.97 Å². The monoisotopic (exact) mass is 297 g/mol. The average molecular weight is 297 g/mol. The maximum absolute atomic E-state index is 12.2. The number of rotatable bonds is 3. The molecular formula is C16H31N3O2. The van der Waals surface area contributed by atoms with Crippen LogP contribution in [0.3, 0.4) is 0 Å². The van der Waals surface area contributed by atoms with Gasteiger partial charge in [-0.3, -0.25) is 9.69 Å². The van der Waals surface area contributed by atoms with E-state index in [1.54, 1.807) is 0 Å². The van der Waals surface area contributed by atoms with E-state index in [2.05, 4.69) is 29.1 Å². The third-order valence-electron chi connectivity index (χ3n) is 5.35. The molecule has 1 saturated carbocycles. The van der Waals surface area contributed by atoms with Gasteiger partial charge in [0, 0.05) is 18.6 Å². The van der Waals surface area contributed by atoms with Crippen molar-refractivity contribution >= 4 is 5.97 Å². The number of methoxy groups -OCH3 is 1. The molecule has 0 aromatic heterocycles. The first-order chi connectivity index (χ1) is 10.0. The Morgan fingerprint density at radius 1 is 1.33 bits per heavy atom. The van der Waals surface area contributed by atoms with Crippen LogP contribution >= 0.6 is 0 Å². The van der Waals surface area contributed by atoms with Crippen LogP contribution in [0, 0.1) is 0 Å². The van der Waals surface area contributed by atoms with Crippen LogP contribution in [0.5, 0.6) is 0 Å².